The molecule has 0 aliphatic carbocycles. The number of aromatic nitrogens is 2. The van der Waals surface area contributed by atoms with Crippen LogP contribution in [0.4, 0.5) is 5.69 Å². The molecule has 180 valence electrons. The number of para-hydroxylation sites is 1. The maximum atomic E-state index is 13.8. The summed E-state index contributed by atoms with van der Waals surface area (Å²) in [5, 5.41) is -0.373. The molecule has 3 heterocycles. The number of ether oxygens (including phenoxy) is 1. The normalized spacial score (nSPS) is 20.1. The zero-order chi connectivity index (χ0) is 23.4. The van der Waals surface area contributed by atoms with Crippen molar-refractivity contribution in [1.82, 2.24) is 14.3 Å². The Labute approximate surface area is 201 Å². The van der Waals surface area contributed by atoms with Crippen LogP contribution < -0.4 is 4.90 Å². The Morgan fingerprint density at radius 3 is 2.56 bits per heavy atom. The van der Waals surface area contributed by atoms with Crippen LogP contribution in [0, 0.1) is 0 Å². The Morgan fingerprint density at radius 1 is 1.03 bits per heavy atom. The molecule has 1 atom stereocenters. The van der Waals surface area contributed by atoms with E-state index in [-0.39, 0.29) is 11.3 Å². The lowest BCUT2D eigenvalue weighted by atomic mass is 10.0. The van der Waals surface area contributed by atoms with Gasteiger partial charge in [-0.2, -0.15) is 4.31 Å². The van der Waals surface area contributed by atoms with Crippen LogP contribution in [0.2, 0.25) is 0 Å². The zero-order valence-electron chi connectivity index (χ0n) is 19.3. The van der Waals surface area contributed by atoms with Gasteiger partial charge >= 0.3 is 0 Å². The second-order valence-electron chi connectivity index (χ2n) is 9.16. The molecule has 8 heteroatoms. The van der Waals surface area contributed by atoms with Gasteiger partial charge in [0.05, 0.1) is 23.8 Å². The monoisotopic (exact) mass is 480 g/mol. The van der Waals surface area contributed by atoms with Gasteiger partial charge in [-0.1, -0.05) is 48.5 Å². The van der Waals surface area contributed by atoms with E-state index in [9.17, 15) is 8.42 Å². The predicted octanol–water partition coefficient (Wildman–Crippen LogP) is 3.74. The minimum absolute atomic E-state index is 0.0294. The van der Waals surface area contributed by atoms with Gasteiger partial charge in [-0.05, 0) is 42.9 Å². The fourth-order valence-electron chi connectivity index (χ4n) is 5.08. The number of imidazole rings is 1. The van der Waals surface area contributed by atoms with Gasteiger partial charge in [0.15, 0.2) is 0 Å². The van der Waals surface area contributed by atoms with Gasteiger partial charge in [-0.3, -0.25) is 0 Å². The van der Waals surface area contributed by atoms with Crippen LogP contribution in [-0.2, 0) is 34.3 Å². The molecule has 34 heavy (non-hydrogen) atoms. The lowest BCUT2D eigenvalue weighted by Gasteiger charge is -2.35. The lowest BCUT2D eigenvalue weighted by molar-refractivity contribution is 0.0971. The fraction of sp³-hybridized carbons (Fsp3) is 0.423. The molecular weight excluding hydrogens is 448 g/mol. The second-order valence-corrected chi connectivity index (χ2v) is 11.4. The Morgan fingerprint density at radius 2 is 1.79 bits per heavy atom. The summed E-state index contributed by atoms with van der Waals surface area (Å²) in [6.45, 7) is 2.55. The minimum atomic E-state index is -3.45. The number of hydrogen-bond acceptors (Lipinski definition) is 5. The Balaban J connectivity index is 1.49. The number of aromatic amines is 1. The lowest BCUT2D eigenvalue weighted by Crippen LogP contribution is -2.47. The van der Waals surface area contributed by atoms with Crippen molar-refractivity contribution in [2.24, 2.45) is 0 Å². The summed E-state index contributed by atoms with van der Waals surface area (Å²) in [5.74, 6) is 0. The molecular formula is C26H32N4O3S. The molecule has 0 saturated carbocycles. The average molecular weight is 481 g/mol. The second kappa shape index (κ2) is 10.3. The fourth-order valence-corrected chi connectivity index (χ4v) is 6.99. The molecule has 1 aromatic heterocycles. The number of sulfonamides is 1. The van der Waals surface area contributed by atoms with Crippen molar-refractivity contribution in [3.05, 3.63) is 83.9 Å². The van der Waals surface area contributed by atoms with E-state index in [4.69, 9.17) is 4.74 Å². The summed E-state index contributed by atoms with van der Waals surface area (Å²) < 4.78 is 34.8. The summed E-state index contributed by atoms with van der Waals surface area (Å²) >= 11 is 0. The third-order valence-corrected chi connectivity index (χ3v) is 9.27. The Hall–Kier alpha value is -2.68. The van der Waals surface area contributed by atoms with Gasteiger partial charge in [0.1, 0.15) is 0 Å². The number of aryl methyl sites for hydroxylation is 1. The van der Waals surface area contributed by atoms with Crippen LogP contribution >= 0.6 is 0 Å². The van der Waals surface area contributed by atoms with Crippen molar-refractivity contribution in [2.45, 2.75) is 50.1 Å². The molecule has 0 amide bonds. The average Bonchev–Trinajstić information content (AvgIpc) is 3.33. The summed E-state index contributed by atoms with van der Waals surface area (Å²) in [5.41, 5.74) is 4.42. The Kier molecular flexibility index (Phi) is 6.99. The first-order valence-corrected chi connectivity index (χ1v) is 13.5. The summed E-state index contributed by atoms with van der Waals surface area (Å²) in [7, 11) is -3.45. The molecule has 3 aromatic rings. The highest BCUT2D eigenvalue weighted by atomic mass is 32.2. The van der Waals surface area contributed by atoms with E-state index in [0.29, 0.717) is 45.7 Å². The largest absolute Gasteiger partial charge is 0.381 e. The quantitative estimate of drug-likeness (QED) is 0.557. The number of anilines is 1. The van der Waals surface area contributed by atoms with Crippen LogP contribution in [0.3, 0.4) is 0 Å². The summed E-state index contributed by atoms with van der Waals surface area (Å²) in [6, 6.07) is 18.7. The van der Waals surface area contributed by atoms with Crippen LogP contribution in [0.5, 0.6) is 0 Å². The van der Waals surface area contributed by atoms with Crippen LogP contribution in [0.15, 0.2) is 67.1 Å². The van der Waals surface area contributed by atoms with Gasteiger partial charge < -0.3 is 14.6 Å². The number of H-pyrrole nitrogens is 1. The number of hydrogen-bond donors (Lipinski definition) is 1. The third kappa shape index (κ3) is 5.04. The van der Waals surface area contributed by atoms with Gasteiger partial charge in [-0.25, -0.2) is 13.4 Å². The van der Waals surface area contributed by atoms with E-state index in [1.165, 1.54) is 5.56 Å². The molecule has 0 radical (unpaired) electrons. The molecule has 0 spiro atoms. The Bertz CT molecular complexity index is 1160. The minimum Gasteiger partial charge on any atom is -0.381 e. The van der Waals surface area contributed by atoms with Crippen molar-refractivity contribution < 1.29 is 13.2 Å². The number of nitrogens with zero attached hydrogens (tertiary/aromatic N) is 3. The van der Waals surface area contributed by atoms with E-state index < -0.39 is 10.0 Å². The molecule has 5 rings (SSSR count). The number of nitrogens with one attached hydrogen (secondary N) is 1. The van der Waals surface area contributed by atoms with Crippen molar-refractivity contribution in [3.63, 3.8) is 0 Å². The van der Waals surface area contributed by atoms with Crippen molar-refractivity contribution in [2.75, 3.05) is 24.7 Å². The number of benzene rings is 2. The zero-order valence-corrected chi connectivity index (χ0v) is 20.2. The highest BCUT2D eigenvalue weighted by molar-refractivity contribution is 7.89. The van der Waals surface area contributed by atoms with E-state index in [1.807, 2.05) is 24.4 Å². The maximum absolute atomic E-state index is 13.8. The highest BCUT2D eigenvalue weighted by Gasteiger charge is 2.38. The number of fused-ring (bicyclic) bond motifs is 1. The molecule has 2 aliphatic heterocycles. The predicted molar refractivity (Wildman–Crippen MR) is 133 cm³/mol. The van der Waals surface area contributed by atoms with Gasteiger partial charge in [0.25, 0.3) is 0 Å². The van der Waals surface area contributed by atoms with Gasteiger partial charge in [0.2, 0.25) is 10.0 Å². The van der Waals surface area contributed by atoms with Crippen LogP contribution in [0.1, 0.15) is 36.1 Å². The summed E-state index contributed by atoms with van der Waals surface area (Å²) in [6.07, 6.45) is 6.41. The van der Waals surface area contributed by atoms with E-state index in [0.717, 1.165) is 29.8 Å². The SMILES string of the molecule is O=S(=O)(C1CCOCC1)N1Cc2ccccc2N(Cc2cnc[nH]2)[C@@H](CCc2ccccc2)C1. The third-order valence-electron chi connectivity index (χ3n) is 6.96. The summed E-state index contributed by atoms with van der Waals surface area (Å²) in [4.78, 5) is 9.79. The van der Waals surface area contributed by atoms with E-state index in [1.54, 1.807) is 10.6 Å². The molecule has 0 bridgehead atoms. The van der Waals surface area contributed by atoms with Crippen LogP contribution in [-0.4, -0.2) is 53.7 Å². The van der Waals surface area contributed by atoms with Crippen molar-refractivity contribution in [3.8, 4) is 0 Å². The molecule has 2 aromatic carbocycles. The van der Waals surface area contributed by atoms with E-state index in [2.05, 4.69) is 51.3 Å². The molecule has 1 fully saturated rings. The first-order chi connectivity index (χ1) is 16.6. The van der Waals surface area contributed by atoms with Gasteiger partial charge in [0, 0.05) is 44.2 Å². The standard InChI is InChI=1S/C26H32N4O3S/c31-34(32,25-12-14-33-15-13-25)29-17-22-8-4-5-9-26(22)30(18-23-16-27-20-28-23)24(19-29)11-10-21-6-2-1-3-7-21/h1-9,16,20,24-25H,10-15,17-19H2,(H,27,28)/t24-/m0/s1. The van der Waals surface area contributed by atoms with Crippen molar-refractivity contribution in [1.29, 1.82) is 0 Å². The van der Waals surface area contributed by atoms with Gasteiger partial charge in [-0.15, -0.1) is 0 Å². The topological polar surface area (TPSA) is 78.5 Å². The highest BCUT2D eigenvalue weighted by Crippen LogP contribution is 2.33. The number of rotatable bonds is 7. The first-order valence-electron chi connectivity index (χ1n) is 12.0. The molecule has 7 nitrogen and oxygen atoms in total. The maximum Gasteiger partial charge on any atom is 0.217 e. The first kappa shape index (κ1) is 23.1. The van der Waals surface area contributed by atoms with Crippen molar-refractivity contribution >= 4 is 15.7 Å². The van der Waals surface area contributed by atoms with E-state index >= 15 is 0 Å². The smallest absolute Gasteiger partial charge is 0.217 e. The molecule has 1 saturated heterocycles. The molecule has 0 unspecified atom stereocenters. The molecule has 1 N–H and O–H groups in total. The molecule has 2 aliphatic rings. The van der Waals surface area contributed by atoms with Crippen LogP contribution in [0.25, 0.3) is 0 Å².